The highest BCUT2D eigenvalue weighted by atomic mass is 32.2. The Balaban J connectivity index is 0.000000167. The molecule has 0 saturated carbocycles. The van der Waals surface area contributed by atoms with Gasteiger partial charge in [0.15, 0.2) is 0 Å². The molecule has 8 heteroatoms. The molecular weight excluding hydrogens is 376 g/mol. The second-order valence-electron chi connectivity index (χ2n) is 6.17. The standard InChI is InChI=1S/C10H10N2O3S.C10H10N2/c11-7-3-1-2-6-9(16(13,14)15)5-4-8(12)10(6)7;11-8-5-1-3-7-4-2-6-9(12)10(7)8/h1-5H,11-12H2,(H,13,14,15);1-6H,11-12H2/p-1. The van der Waals surface area contributed by atoms with Gasteiger partial charge >= 0.3 is 0 Å². The number of nitrogen functional groups attached to an aromatic ring is 4. The fourth-order valence-corrected chi connectivity index (χ4v) is 3.73. The summed E-state index contributed by atoms with van der Waals surface area (Å²) >= 11 is 0. The number of hydrogen-bond donors (Lipinski definition) is 4. The van der Waals surface area contributed by atoms with E-state index in [1.807, 2.05) is 36.4 Å². The first-order chi connectivity index (χ1) is 13.2. The van der Waals surface area contributed by atoms with Crippen molar-refractivity contribution in [3.05, 3.63) is 66.7 Å². The van der Waals surface area contributed by atoms with Gasteiger partial charge in [0.1, 0.15) is 10.1 Å². The average Bonchev–Trinajstić information content (AvgIpc) is 2.62. The molecular formula is C20H19N4O3S-. The Hall–Kier alpha value is -3.49. The van der Waals surface area contributed by atoms with Gasteiger partial charge in [0.25, 0.3) is 0 Å². The van der Waals surface area contributed by atoms with Crippen LogP contribution in [0.3, 0.4) is 0 Å². The summed E-state index contributed by atoms with van der Waals surface area (Å²) in [6, 6.07) is 18.8. The zero-order valence-electron chi connectivity index (χ0n) is 14.8. The van der Waals surface area contributed by atoms with Crippen molar-refractivity contribution in [2.75, 3.05) is 22.9 Å². The van der Waals surface area contributed by atoms with Crippen LogP contribution >= 0.6 is 0 Å². The molecule has 28 heavy (non-hydrogen) atoms. The highest BCUT2D eigenvalue weighted by molar-refractivity contribution is 7.86. The van der Waals surface area contributed by atoms with Gasteiger partial charge in [-0.05, 0) is 35.7 Å². The van der Waals surface area contributed by atoms with Gasteiger partial charge in [0.2, 0.25) is 0 Å². The third-order valence-corrected chi connectivity index (χ3v) is 5.20. The highest BCUT2D eigenvalue weighted by Gasteiger charge is 2.10. The van der Waals surface area contributed by atoms with Crippen LogP contribution < -0.4 is 22.9 Å². The molecule has 0 unspecified atom stereocenters. The first-order valence-electron chi connectivity index (χ1n) is 8.25. The summed E-state index contributed by atoms with van der Waals surface area (Å²) in [6.07, 6.45) is 0. The molecule has 0 aliphatic heterocycles. The molecule has 144 valence electrons. The lowest BCUT2D eigenvalue weighted by molar-refractivity contribution is 0.464. The van der Waals surface area contributed by atoms with E-state index in [0.717, 1.165) is 22.1 Å². The predicted octanol–water partition coefficient (Wildman–Crippen LogP) is 2.91. The molecule has 4 rings (SSSR count). The molecule has 0 fully saturated rings. The quantitative estimate of drug-likeness (QED) is 0.284. The van der Waals surface area contributed by atoms with Crippen molar-refractivity contribution in [1.82, 2.24) is 0 Å². The van der Waals surface area contributed by atoms with Gasteiger partial charge in [-0.25, -0.2) is 8.42 Å². The predicted molar refractivity (Wildman–Crippen MR) is 114 cm³/mol. The molecule has 8 N–H and O–H groups in total. The van der Waals surface area contributed by atoms with Crippen molar-refractivity contribution in [2.24, 2.45) is 0 Å². The van der Waals surface area contributed by atoms with Crippen molar-refractivity contribution in [3.8, 4) is 0 Å². The summed E-state index contributed by atoms with van der Waals surface area (Å²) < 4.78 is 33.1. The Morgan fingerprint density at radius 2 is 1.07 bits per heavy atom. The Labute approximate surface area is 162 Å². The SMILES string of the molecule is Nc1cccc2c(S(=O)(=O)[O-])ccc(N)c12.Nc1cccc2cccc(N)c12. The monoisotopic (exact) mass is 395 g/mol. The summed E-state index contributed by atoms with van der Waals surface area (Å²) in [5.41, 5.74) is 25.1. The fraction of sp³-hybridized carbons (Fsp3) is 0. The topological polar surface area (TPSA) is 161 Å². The van der Waals surface area contributed by atoms with E-state index >= 15 is 0 Å². The van der Waals surface area contributed by atoms with Crippen LogP contribution in [0.2, 0.25) is 0 Å². The van der Waals surface area contributed by atoms with Gasteiger partial charge in [-0.2, -0.15) is 0 Å². The number of nitrogens with two attached hydrogens (primary N) is 4. The molecule has 4 aromatic rings. The summed E-state index contributed by atoms with van der Waals surface area (Å²) in [6.45, 7) is 0. The van der Waals surface area contributed by atoms with E-state index < -0.39 is 10.1 Å². The molecule has 0 amide bonds. The largest absolute Gasteiger partial charge is 0.744 e. The first kappa shape index (κ1) is 19.3. The van der Waals surface area contributed by atoms with Gasteiger partial charge in [-0.15, -0.1) is 0 Å². The van der Waals surface area contributed by atoms with E-state index in [1.54, 1.807) is 12.1 Å². The second-order valence-corrected chi connectivity index (χ2v) is 7.52. The van der Waals surface area contributed by atoms with E-state index in [2.05, 4.69) is 0 Å². The minimum Gasteiger partial charge on any atom is -0.744 e. The van der Waals surface area contributed by atoms with Crippen molar-refractivity contribution < 1.29 is 13.0 Å². The zero-order chi connectivity index (χ0) is 20.5. The first-order valence-corrected chi connectivity index (χ1v) is 9.66. The normalized spacial score (nSPS) is 11.2. The summed E-state index contributed by atoms with van der Waals surface area (Å²) in [7, 11) is -4.52. The molecule has 0 aliphatic rings. The smallest absolute Gasteiger partial charge is 0.125 e. The van der Waals surface area contributed by atoms with Crippen LogP contribution in [-0.2, 0) is 10.1 Å². The van der Waals surface area contributed by atoms with Crippen molar-refractivity contribution >= 4 is 54.4 Å². The van der Waals surface area contributed by atoms with Gasteiger partial charge < -0.3 is 27.5 Å². The highest BCUT2D eigenvalue weighted by Crippen LogP contribution is 2.31. The lowest BCUT2D eigenvalue weighted by Gasteiger charge is -2.13. The Morgan fingerprint density at radius 1 is 0.607 bits per heavy atom. The van der Waals surface area contributed by atoms with Crippen molar-refractivity contribution in [2.45, 2.75) is 4.90 Å². The van der Waals surface area contributed by atoms with Crippen LogP contribution in [-0.4, -0.2) is 13.0 Å². The van der Waals surface area contributed by atoms with Crippen LogP contribution in [0.1, 0.15) is 0 Å². The molecule has 0 bridgehead atoms. The van der Waals surface area contributed by atoms with Crippen LogP contribution in [0.25, 0.3) is 21.5 Å². The lowest BCUT2D eigenvalue weighted by atomic mass is 10.1. The zero-order valence-corrected chi connectivity index (χ0v) is 15.6. The summed E-state index contributed by atoms with van der Waals surface area (Å²) in [4.78, 5) is -0.302. The molecule has 4 aromatic carbocycles. The minimum atomic E-state index is -4.52. The van der Waals surface area contributed by atoms with Gasteiger partial charge in [-0.3, -0.25) is 0 Å². The molecule has 7 nitrogen and oxygen atoms in total. The molecule has 0 aromatic heterocycles. The van der Waals surface area contributed by atoms with Crippen LogP contribution in [0.4, 0.5) is 22.7 Å². The van der Waals surface area contributed by atoms with E-state index in [9.17, 15) is 13.0 Å². The molecule has 0 aliphatic carbocycles. The lowest BCUT2D eigenvalue weighted by Crippen LogP contribution is -2.02. The number of rotatable bonds is 1. The van der Waals surface area contributed by atoms with E-state index in [-0.39, 0.29) is 10.3 Å². The Morgan fingerprint density at radius 3 is 1.57 bits per heavy atom. The van der Waals surface area contributed by atoms with Crippen LogP contribution in [0, 0.1) is 0 Å². The Kier molecular flexibility index (Phi) is 5.00. The maximum absolute atomic E-state index is 11.0. The van der Waals surface area contributed by atoms with E-state index in [1.165, 1.54) is 18.2 Å². The molecule has 0 heterocycles. The maximum Gasteiger partial charge on any atom is 0.125 e. The average molecular weight is 395 g/mol. The molecule has 0 spiro atoms. The maximum atomic E-state index is 11.0. The van der Waals surface area contributed by atoms with Crippen molar-refractivity contribution in [1.29, 1.82) is 0 Å². The molecule has 0 radical (unpaired) electrons. The third kappa shape index (κ3) is 3.64. The number of benzene rings is 4. The van der Waals surface area contributed by atoms with Gasteiger partial charge in [-0.1, -0.05) is 36.4 Å². The van der Waals surface area contributed by atoms with E-state index in [0.29, 0.717) is 16.8 Å². The number of fused-ring (bicyclic) bond motifs is 2. The van der Waals surface area contributed by atoms with Gasteiger partial charge in [0.05, 0.1) is 4.90 Å². The van der Waals surface area contributed by atoms with Gasteiger partial charge in [0, 0.05) is 38.9 Å². The van der Waals surface area contributed by atoms with E-state index in [4.69, 9.17) is 22.9 Å². The van der Waals surface area contributed by atoms with Crippen molar-refractivity contribution in [3.63, 3.8) is 0 Å². The second kappa shape index (κ2) is 7.26. The molecule has 0 atom stereocenters. The number of hydrogen-bond acceptors (Lipinski definition) is 7. The fourth-order valence-electron chi connectivity index (χ4n) is 3.05. The molecule has 0 saturated heterocycles. The van der Waals surface area contributed by atoms with Crippen LogP contribution in [0.5, 0.6) is 0 Å². The third-order valence-electron chi connectivity index (χ3n) is 4.30. The number of anilines is 4. The minimum absolute atomic E-state index is 0.259. The Bertz CT molecular complexity index is 1240. The summed E-state index contributed by atoms with van der Waals surface area (Å²) in [5, 5.41) is 2.71. The van der Waals surface area contributed by atoms with Crippen LogP contribution in [0.15, 0.2) is 71.6 Å². The summed E-state index contributed by atoms with van der Waals surface area (Å²) in [5.74, 6) is 0.